The molecule has 194 valence electrons. The van der Waals surface area contributed by atoms with Gasteiger partial charge in [-0.3, -0.25) is 0 Å². The molecule has 0 radical (unpaired) electrons. The highest BCUT2D eigenvalue weighted by Gasteiger charge is 2.49. The molecule has 3 aromatic carbocycles. The number of allylic oxidation sites excluding steroid dienone is 1. The Kier molecular flexibility index (Phi) is 7.43. The first kappa shape index (κ1) is 26.0. The zero-order valence-corrected chi connectivity index (χ0v) is 24.8. The summed E-state index contributed by atoms with van der Waals surface area (Å²) in [6.45, 7) is 7.21. The van der Waals surface area contributed by atoms with Crippen molar-refractivity contribution in [1.82, 2.24) is 0 Å². The number of hydrogen-bond acceptors (Lipinski definition) is 0. The maximum Gasteiger partial charge on any atom is 0.247 e. The lowest BCUT2D eigenvalue weighted by atomic mass is 9.24. The van der Waals surface area contributed by atoms with E-state index >= 15 is 0 Å². The van der Waals surface area contributed by atoms with Gasteiger partial charge in [0.15, 0.2) is 6.71 Å². The zero-order valence-electron chi connectivity index (χ0n) is 23.8. The van der Waals surface area contributed by atoms with E-state index in [9.17, 15) is 0 Å². The van der Waals surface area contributed by atoms with Crippen LogP contribution in [0.3, 0.4) is 0 Å². The van der Waals surface area contributed by atoms with Crippen LogP contribution in [0.15, 0.2) is 78.3 Å². The van der Waals surface area contributed by atoms with Crippen molar-refractivity contribution in [2.24, 2.45) is 0 Å². The second-order valence-electron chi connectivity index (χ2n) is 12.3. The van der Waals surface area contributed by atoms with Crippen molar-refractivity contribution >= 4 is 20.0 Å². The largest absolute Gasteiger partial charge is 0.247 e. The predicted molar refractivity (Wildman–Crippen MR) is 170 cm³/mol. The number of rotatable bonds is 2. The molecule has 0 spiro atoms. The van der Waals surface area contributed by atoms with Crippen molar-refractivity contribution in [3.63, 3.8) is 0 Å². The monoisotopic (exact) mass is 522 g/mol. The summed E-state index contributed by atoms with van der Waals surface area (Å²) in [5, 5.41) is 1.57. The van der Waals surface area contributed by atoms with Gasteiger partial charge in [-0.05, 0) is 68.3 Å². The minimum Gasteiger partial charge on any atom is -0.104 e. The molecule has 0 aromatic heterocycles. The van der Waals surface area contributed by atoms with Crippen LogP contribution in [0.25, 0.3) is 5.20 Å². The average Bonchev–Trinajstić information content (AvgIpc) is 3.31. The average molecular weight is 523 g/mol. The van der Waals surface area contributed by atoms with Crippen LogP contribution in [0.4, 0.5) is 0 Å². The second kappa shape index (κ2) is 11.1. The van der Waals surface area contributed by atoms with Gasteiger partial charge in [-0.1, -0.05) is 133 Å². The number of aryl methyl sites for hydroxylation is 3. The number of fused-ring (bicyclic) bond motifs is 2. The van der Waals surface area contributed by atoms with Crippen LogP contribution < -0.4 is 0 Å². The molecule has 0 aliphatic carbocycles. The van der Waals surface area contributed by atoms with Crippen LogP contribution in [0, 0.1) is 43.7 Å². The first-order valence-electron chi connectivity index (χ1n) is 15.0. The topological polar surface area (TPSA) is 0 Å². The van der Waals surface area contributed by atoms with E-state index < -0.39 is 8.07 Å². The van der Waals surface area contributed by atoms with Gasteiger partial charge in [0.05, 0.1) is 0 Å². The van der Waals surface area contributed by atoms with Gasteiger partial charge in [-0.15, -0.1) is 11.1 Å². The van der Waals surface area contributed by atoms with Crippen LogP contribution >= 0.6 is 0 Å². The Balaban J connectivity index is 1.55. The molecule has 3 aliphatic heterocycles. The van der Waals surface area contributed by atoms with E-state index in [4.69, 9.17) is 0 Å². The van der Waals surface area contributed by atoms with Crippen molar-refractivity contribution in [1.29, 1.82) is 0 Å². The molecule has 2 saturated heterocycles. The van der Waals surface area contributed by atoms with Crippen molar-refractivity contribution in [3.8, 4) is 22.9 Å². The maximum absolute atomic E-state index is 3.97. The highest BCUT2D eigenvalue weighted by molar-refractivity contribution is 7.10. The molecule has 2 heteroatoms. The molecule has 3 aromatic rings. The lowest BCUT2D eigenvalue weighted by molar-refractivity contribution is 0.445. The van der Waals surface area contributed by atoms with Crippen LogP contribution in [-0.2, 0) is 0 Å². The van der Waals surface area contributed by atoms with Gasteiger partial charge in [0.25, 0.3) is 0 Å². The molecule has 2 bridgehead atoms. The summed E-state index contributed by atoms with van der Waals surface area (Å²) in [6, 6.07) is 27.9. The second-order valence-corrected chi connectivity index (χ2v) is 15.6. The van der Waals surface area contributed by atoms with E-state index in [0.717, 1.165) is 35.5 Å². The third kappa shape index (κ3) is 5.46. The summed E-state index contributed by atoms with van der Waals surface area (Å²) in [5.41, 5.74) is 17.2. The van der Waals surface area contributed by atoms with E-state index in [2.05, 4.69) is 116 Å². The van der Waals surface area contributed by atoms with E-state index in [1.54, 1.807) is 10.7 Å². The standard InChI is InChI=1S/C37H39BSi/c1-28-10-16-31(17-11-28)22-25-39(26-23-32-18-12-29(2)13-19-32)27-24-36(37(39)33-20-14-30(3)15-21-33)38-34-6-4-7-35(38)9-5-8-34/h10-21,34-35H,4-9,24,27H2,1-3H3. The molecule has 3 aliphatic rings. The minimum atomic E-state index is -2.45. The molecule has 0 saturated carbocycles. The number of hydrogen-bond donors (Lipinski definition) is 0. The van der Waals surface area contributed by atoms with E-state index in [1.807, 2.05) is 0 Å². The van der Waals surface area contributed by atoms with E-state index in [-0.39, 0.29) is 0 Å². The smallest absolute Gasteiger partial charge is 0.104 e. The maximum atomic E-state index is 3.97. The molecule has 2 fully saturated rings. The fourth-order valence-corrected chi connectivity index (χ4v) is 11.2. The fourth-order valence-electron chi connectivity index (χ4n) is 7.49. The van der Waals surface area contributed by atoms with Crippen LogP contribution in [-0.4, -0.2) is 14.8 Å². The molecule has 0 unspecified atom stereocenters. The van der Waals surface area contributed by atoms with Gasteiger partial charge in [-0.25, -0.2) is 0 Å². The molecule has 0 N–H and O–H groups in total. The zero-order chi connectivity index (χ0) is 26.8. The summed E-state index contributed by atoms with van der Waals surface area (Å²) < 4.78 is 0. The Morgan fingerprint density at radius 2 is 1.05 bits per heavy atom. The Morgan fingerprint density at radius 3 is 1.51 bits per heavy atom. The van der Waals surface area contributed by atoms with Gasteiger partial charge in [0.1, 0.15) is 0 Å². The van der Waals surface area contributed by atoms with Crippen LogP contribution in [0.2, 0.25) is 17.7 Å². The van der Waals surface area contributed by atoms with Gasteiger partial charge in [0, 0.05) is 11.1 Å². The SMILES string of the molecule is Cc1ccc(C#C[Si]2(C#Cc3ccc(C)cc3)CCC(B3C4CCCC3CCC4)=C2c2ccc(C)cc2)cc1. The first-order valence-corrected chi connectivity index (χ1v) is 17.2. The van der Waals surface area contributed by atoms with Gasteiger partial charge >= 0.3 is 0 Å². The molecular formula is C37H39BSi. The Morgan fingerprint density at radius 1 is 0.615 bits per heavy atom. The third-order valence-electron chi connectivity index (χ3n) is 9.52. The van der Waals surface area contributed by atoms with Crippen molar-refractivity contribution in [2.75, 3.05) is 0 Å². The number of benzene rings is 3. The first-order chi connectivity index (χ1) is 19.0. The van der Waals surface area contributed by atoms with Gasteiger partial charge < -0.3 is 0 Å². The molecule has 0 amide bonds. The Labute approximate surface area is 237 Å². The summed E-state index contributed by atoms with van der Waals surface area (Å²) in [7, 11) is -2.45. The van der Waals surface area contributed by atoms with E-state index in [1.165, 1.54) is 67.2 Å². The van der Waals surface area contributed by atoms with Crippen LogP contribution in [0.1, 0.15) is 78.3 Å². The highest BCUT2D eigenvalue weighted by atomic mass is 28.3. The normalized spacial score (nSPS) is 21.6. The lowest BCUT2D eigenvalue weighted by Gasteiger charge is -2.42. The summed E-state index contributed by atoms with van der Waals surface area (Å²) in [4.78, 5) is 0. The van der Waals surface area contributed by atoms with Crippen LogP contribution in [0.5, 0.6) is 0 Å². The molecule has 3 heterocycles. The minimum absolute atomic E-state index is 0.737. The fraction of sp³-hybridized carbons (Fsp3) is 0.351. The predicted octanol–water partition coefficient (Wildman–Crippen LogP) is 9.08. The van der Waals surface area contributed by atoms with E-state index in [0.29, 0.717) is 0 Å². The summed E-state index contributed by atoms with van der Waals surface area (Å²) in [5.74, 6) is 9.03. The quantitative estimate of drug-likeness (QED) is 0.233. The summed E-state index contributed by atoms with van der Waals surface area (Å²) in [6.07, 6.45) is 9.65. The van der Waals surface area contributed by atoms with Gasteiger partial charge in [0.2, 0.25) is 8.07 Å². The van der Waals surface area contributed by atoms with Crippen molar-refractivity contribution < 1.29 is 0 Å². The molecule has 0 nitrogen and oxygen atoms in total. The van der Waals surface area contributed by atoms with Crippen molar-refractivity contribution in [3.05, 3.63) is 112 Å². The molecule has 39 heavy (non-hydrogen) atoms. The summed E-state index contributed by atoms with van der Waals surface area (Å²) >= 11 is 0. The van der Waals surface area contributed by atoms with Crippen molar-refractivity contribution in [2.45, 2.75) is 83.4 Å². The highest BCUT2D eigenvalue weighted by Crippen LogP contribution is 2.54. The molecule has 6 rings (SSSR count). The third-order valence-corrected chi connectivity index (χ3v) is 13.1. The Bertz CT molecular complexity index is 1400. The molecule has 0 atom stereocenters. The Hall–Kier alpha value is -3.20. The molecular weight excluding hydrogens is 483 g/mol. The van der Waals surface area contributed by atoms with Gasteiger partial charge in [-0.2, -0.15) is 0 Å². The lowest BCUT2D eigenvalue weighted by Crippen LogP contribution is -2.37.